The molecule has 1 aromatic heterocycles. The highest BCUT2D eigenvalue weighted by Crippen LogP contribution is 2.27. The van der Waals surface area contributed by atoms with Crippen molar-refractivity contribution in [1.29, 1.82) is 0 Å². The molecule has 0 aliphatic heterocycles. The second-order valence-electron chi connectivity index (χ2n) is 3.05. The zero-order chi connectivity index (χ0) is 10.7. The van der Waals surface area contributed by atoms with Gasteiger partial charge in [-0.05, 0) is 24.4 Å². The fourth-order valence-corrected chi connectivity index (χ4v) is 2.76. The molecule has 4 heteroatoms. The van der Waals surface area contributed by atoms with E-state index in [1.807, 2.05) is 31.2 Å². The maximum Gasteiger partial charge on any atom is 0.272 e. The molecule has 0 aliphatic rings. The third kappa shape index (κ3) is 2.91. The number of rotatable bonds is 2. The van der Waals surface area contributed by atoms with Crippen LogP contribution in [0.2, 0.25) is 0 Å². The molecular formula is C11H9NOS2. The number of benzene rings is 1. The van der Waals surface area contributed by atoms with E-state index in [1.54, 1.807) is 5.38 Å². The minimum atomic E-state index is -0.177. The summed E-state index contributed by atoms with van der Waals surface area (Å²) >= 11 is 3.00. The van der Waals surface area contributed by atoms with Gasteiger partial charge in [0.2, 0.25) is 0 Å². The average Bonchev–Trinajstić information content (AvgIpc) is 2.22. The minimum Gasteiger partial charge on any atom is -0.267 e. The Balaban J connectivity index is 2.22. The minimum absolute atomic E-state index is 0.177. The predicted octanol–water partition coefficient (Wildman–Crippen LogP) is 2.96. The summed E-state index contributed by atoms with van der Waals surface area (Å²) in [6, 6.07) is 9.64. The molecule has 0 saturated heterocycles. The van der Waals surface area contributed by atoms with Crippen LogP contribution < -0.4 is 5.56 Å². The van der Waals surface area contributed by atoms with Gasteiger partial charge in [-0.1, -0.05) is 29.5 Å². The van der Waals surface area contributed by atoms with Crippen molar-refractivity contribution in [3.05, 3.63) is 51.6 Å². The summed E-state index contributed by atoms with van der Waals surface area (Å²) in [4.78, 5) is 16.0. The van der Waals surface area contributed by atoms with E-state index >= 15 is 0 Å². The van der Waals surface area contributed by atoms with Crippen molar-refractivity contribution in [2.75, 3.05) is 0 Å². The van der Waals surface area contributed by atoms with Gasteiger partial charge in [0.15, 0.2) is 4.34 Å². The van der Waals surface area contributed by atoms with E-state index in [2.05, 4.69) is 4.98 Å². The third-order valence-corrected chi connectivity index (χ3v) is 3.68. The molecular weight excluding hydrogens is 226 g/mol. The van der Waals surface area contributed by atoms with Gasteiger partial charge in [0.25, 0.3) is 5.56 Å². The van der Waals surface area contributed by atoms with E-state index in [0.29, 0.717) is 0 Å². The molecule has 2 nitrogen and oxygen atoms in total. The van der Waals surface area contributed by atoms with Crippen LogP contribution in [0, 0.1) is 6.92 Å². The average molecular weight is 235 g/mol. The topological polar surface area (TPSA) is 30.0 Å². The summed E-state index contributed by atoms with van der Waals surface area (Å²) in [7, 11) is 0. The molecule has 15 heavy (non-hydrogen) atoms. The molecule has 76 valence electrons. The highest BCUT2D eigenvalue weighted by molar-refractivity contribution is 8.01. The SMILES string of the molecule is Cc1ccc(Sc2nc(=O)ccs2)cc1. The maximum absolute atomic E-state index is 11.0. The van der Waals surface area contributed by atoms with Crippen molar-refractivity contribution < 1.29 is 0 Å². The van der Waals surface area contributed by atoms with Gasteiger partial charge in [-0.25, -0.2) is 0 Å². The molecule has 2 aromatic rings. The third-order valence-electron chi connectivity index (χ3n) is 1.81. The van der Waals surface area contributed by atoms with Crippen LogP contribution >= 0.6 is 23.1 Å². The molecule has 0 aliphatic carbocycles. The lowest BCUT2D eigenvalue weighted by molar-refractivity contribution is 1.15. The van der Waals surface area contributed by atoms with Crippen LogP contribution in [0.5, 0.6) is 0 Å². The lowest BCUT2D eigenvalue weighted by atomic mass is 10.2. The first-order chi connectivity index (χ1) is 7.24. The Morgan fingerprint density at radius 2 is 1.93 bits per heavy atom. The maximum atomic E-state index is 11.0. The van der Waals surface area contributed by atoms with E-state index in [1.165, 1.54) is 34.7 Å². The normalized spacial score (nSPS) is 10.2. The van der Waals surface area contributed by atoms with Gasteiger partial charge in [0.1, 0.15) is 0 Å². The van der Waals surface area contributed by atoms with Crippen LogP contribution in [-0.2, 0) is 0 Å². The summed E-state index contributed by atoms with van der Waals surface area (Å²) in [5.41, 5.74) is 1.05. The molecule has 0 N–H and O–H groups in total. The second kappa shape index (κ2) is 4.59. The second-order valence-corrected chi connectivity index (χ2v) is 5.27. The molecule has 0 amide bonds. The molecule has 0 saturated carbocycles. The van der Waals surface area contributed by atoms with Crippen molar-refractivity contribution in [2.45, 2.75) is 16.2 Å². The van der Waals surface area contributed by atoms with Gasteiger partial charge < -0.3 is 0 Å². The van der Waals surface area contributed by atoms with Crippen molar-refractivity contribution in [2.24, 2.45) is 0 Å². The number of nitrogens with zero attached hydrogens (tertiary/aromatic N) is 1. The molecule has 0 radical (unpaired) electrons. The number of hydrogen-bond acceptors (Lipinski definition) is 4. The van der Waals surface area contributed by atoms with Crippen molar-refractivity contribution >= 4 is 23.1 Å². The van der Waals surface area contributed by atoms with Crippen molar-refractivity contribution in [3.8, 4) is 0 Å². The Morgan fingerprint density at radius 3 is 2.60 bits per heavy atom. The fraction of sp³-hybridized carbons (Fsp3) is 0.0909. The monoisotopic (exact) mass is 235 g/mol. The standard InChI is InChI=1S/C11H9NOS2/c1-8-2-4-9(5-3-8)15-11-12-10(13)6-7-14-11/h2-7H,1H3. The Labute approximate surface area is 96.0 Å². The van der Waals surface area contributed by atoms with Gasteiger partial charge >= 0.3 is 0 Å². The van der Waals surface area contributed by atoms with Crippen LogP contribution in [0.3, 0.4) is 0 Å². The van der Waals surface area contributed by atoms with Gasteiger partial charge in [-0.15, -0.1) is 11.3 Å². The zero-order valence-corrected chi connectivity index (χ0v) is 9.77. The fourth-order valence-electron chi connectivity index (χ4n) is 1.06. The number of hydrogen-bond donors (Lipinski definition) is 0. The van der Waals surface area contributed by atoms with Gasteiger partial charge in [0.05, 0.1) is 0 Å². The Morgan fingerprint density at radius 1 is 1.20 bits per heavy atom. The van der Waals surface area contributed by atoms with Crippen molar-refractivity contribution in [1.82, 2.24) is 4.98 Å². The zero-order valence-electron chi connectivity index (χ0n) is 8.14. The Kier molecular flexibility index (Phi) is 3.18. The highest BCUT2D eigenvalue weighted by Gasteiger charge is 1.99. The van der Waals surface area contributed by atoms with Crippen molar-refractivity contribution in [3.63, 3.8) is 0 Å². The molecule has 1 aromatic carbocycles. The van der Waals surface area contributed by atoms with E-state index in [0.717, 1.165) is 9.24 Å². The van der Waals surface area contributed by atoms with E-state index in [4.69, 9.17) is 0 Å². The number of aryl methyl sites for hydroxylation is 1. The highest BCUT2D eigenvalue weighted by atomic mass is 32.2. The Bertz CT molecular complexity index is 504. The molecule has 0 bridgehead atoms. The first-order valence-corrected chi connectivity index (χ1v) is 6.14. The van der Waals surface area contributed by atoms with Gasteiger partial charge in [-0.3, -0.25) is 4.79 Å². The first kappa shape index (κ1) is 10.4. The summed E-state index contributed by atoms with van der Waals surface area (Å²) in [6.07, 6.45) is 0. The van der Waals surface area contributed by atoms with E-state index in [9.17, 15) is 4.79 Å². The summed E-state index contributed by atoms with van der Waals surface area (Å²) in [5.74, 6) is 0. The molecule has 0 spiro atoms. The Hall–Kier alpha value is -1.13. The molecule has 1 heterocycles. The lowest BCUT2D eigenvalue weighted by Crippen LogP contribution is -2.01. The van der Waals surface area contributed by atoms with Crippen LogP contribution in [0.15, 0.2) is 49.7 Å². The first-order valence-electron chi connectivity index (χ1n) is 4.44. The van der Waals surface area contributed by atoms with E-state index in [-0.39, 0.29) is 5.56 Å². The molecule has 2 rings (SSSR count). The van der Waals surface area contributed by atoms with Crippen LogP contribution in [0.1, 0.15) is 5.56 Å². The summed E-state index contributed by atoms with van der Waals surface area (Å²) in [6.45, 7) is 2.05. The molecule has 0 atom stereocenters. The van der Waals surface area contributed by atoms with E-state index < -0.39 is 0 Å². The van der Waals surface area contributed by atoms with Crippen LogP contribution in [0.4, 0.5) is 0 Å². The quantitative estimate of drug-likeness (QED) is 0.801. The summed E-state index contributed by atoms with van der Waals surface area (Å²) < 4.78 is 0.784. The molecule has 0 fully saturated rings. The predicted molar refractivity (Wildman–Crippen MR) is 63.7 cm³/mol. The largest absolute Gasteiger partial charge is 0.272 e. The summed E-state index contributed by atoms with van der Waals surface area (Å²) in [5, 5.41) is 1.77. The molecule has 0 unspecified atom stereocenters. The van der Waals surface area contributed by atoms with Crippen LogP contribution in [-0.4, -0.2) is 4.98 Å². The lowest BCUT2D eigenvalue weighted by Gasteiger charge is -1.99. The van der Waals surface area contributed by atoms with Crippen LogP contribution in [0.25, 0.3) is 0 Å². The van der Waals surface area contributed by atoms with Gasteiger partial charge in [-0.2, -0.15) is 4.98 Å². The van der Waals surface area contributed by atoms with Gasteiger partial charge in [0, 0.05) is 11.0 Å². The smallest absolute Gasteiger partial charge is 0.267 e. The number of aromatic nitrogens is 1.